The number of nitrogens with zero attached hydrogens (tertiary/aromatic N) is 1. The largest absolute Gasteiger partial charge is 0.416 e. The van der Waals surface area contributed by atoms with Crippen molar-refractivity contribution in [3.63, 3.8) is 0 Å². The first-order valence-electron chi connectivity index (χ1n) is 6.86. The van der Waals surface area contributed by atoms with Crippen LogP contribution in [0.25, 0.3) is 0 Å². The van der Waals surface area contributed by atoms with Crippen LogP contribution in [0.3, 0.4) is 0 Å². The zero-order chi connectivity index (χ0) is 18.8. The van der Waals surface area contributed by atoms with Gasteiger partial charge in [0.05, 0.1) is 16.3 Å². The molecule has 1 aromatic rings. The molecule has 0 spiro atoms. The number of hydrazine groups is 1. The van der Waals surface area contributed by atoms with Gasteiger partial charge >= 0.3 is 6.18 Å². The lowest BCUT2D eigenvalue weighted by atomic mass is 10.2. The minimum Gasteiger partial charge on any atom is -0.321 e. The molecule has 2 amide bonds. The number of benzene rings is 1. The smallest absolute Gasteiger partial charge is 0.321 e. The van der Waals surface area contributed by atoms with E-state index in [0.29, 0.717) is 11.9 Å². The van der Waals surface area contributed by atoms with E-state index in [1.54, 1.807) is 4.83 Å². The number of alkyl halides is 3. The minimum absolute atomic E-state index is 0.288. The molecule has 138 valence electrons. The van der Waals surface area contributed by atoms with Gasteiger partial charge in [-0.2, -0.15) is 13.2 Å². The van der Waals surface area contributed by atoms with Gasteiger partial charge in [-0.15, -0.1) is 16.6 Å². The molecule has 2 N–H and O–H groups in total. The fraction of sp³-hybridized carbons (Fsp3) is 0.385. The van der Waals surface area contributed by atoms with E-state index in [-0.39, 0.29) is 11.7 Å². The lowest BCUT2D eigenvalue weighted by Gasteiger charge is -2.21. The highest BCUT2D eigenvalue weighted by Crippen LogP contribution is 2.30. The van der Waals surface area contributed by atoms with Crippen molar-refractivity contribution in [3.05, 3.63) is 29.8 Å². The Morgan fingerprint density at radius 2 is 2.00 bits per heavy atom. The Balaban J connectivity index is 2.09. The molecule has 12 heteroatoms. The summed E-state index contributed by atoms with van der Waals surface area (Å²) in [5.41, 5.74) is 0.813. The van der Waals surface area contributed by atoms with E-state index >= 15 is 0 Å². The normalized spacial score (nSPS) is 18.2. The van der Waals surface area contributed by atoms with E-state index in [4.69, 9.17) is 0 Å². The molecule has 25 heavy (non-hydrogen) atoms. The highest BCUT2D eigenvalue weighted by atomic mass is 32.2. The van der Waals surface area contributed by atoms with Crippen LogP contribution >= 0.6 is 11.8 Å². The first-order chi connectivity index (χ1) is 11.5. The molecular weight excluding hydrogens is 383 g/mol. The van der Waals surface area contributed by atoms with Crippen molar-refractivity contribution in [1.29, 1.82) is 0 Å². The first-order valence-corrected chi connectivity index (χ1v) is 9.50. The third-order valence-corrected chi connectivity index (χ3v) is 5.63. The van der Waals surface area contributed by atoms with Gasteiger partial charge in [0.2, 0.25) is 5.91 Å². The summed E-state index contributed by atoms with van der Waals surface area (Å²) in [5.74, 6) is -0.522. The fourth-order valence-corrected chi connectivity index (χ4v) is 4.18. The van der Waals surface area contributed by atoms with E-state index in [9.17, 15) is 31.2 Å². The molecule has 7 nitrogen and oxygen atoms in total. The van der Waals surface area contributed by atoms with Crippen molar-refractivity contribution in [2.75, 3.05) is 11.6 Å². The number of hydrogen-bond donors (Lipinski definition) is 2. The molecular formula is C13H14F3N3O4S2. The van der Waals surface area contributed by atoms with Crippen LogP contribution < -0.4 is 10.3 Å². The van der Waals surface area contributed by atoms with Crippen molar-refractivity contribution in [1.82, 2.24) is 15.2 Å². The van der Waals surface area contributed by atoms with Crippen LogP contribution in [-0.2, 0) is 25.8 Å². The van der Waals surface area contributed by atoms with Crippen molar-refractivity contribution >= 4 is 33.6 Å². The van der Waals surface area contributed by atoms with Crippen LogP contribution in [-0.4, -0.2) is 42.8 Å². The third kappa shape index (κ3) is 4.64. The van der Waals surface area contributed by atoms with Crippen LogP contribution in [0.4, 0.5) is 13.2 Å². The molecule has 1 fully saturated rings. The monoisotopic (exact) mass is 397 g/mol. The molecule has 0 unspecified atom stereocenters. The number of sulfonamides is 1. The van der Waals surface area contributed by atoms with Crippen molar-refractivity contribution in [2.24, 2.45) is 0 Å². The van der Waals surface area contributed by atoms with E-state index in [2.05, 4.69) is 0 Å². The number of amides is 2. The fourth-order valence-electron chi connectivity index (χ4n) is 2.07. The average Bonchev–Trinajstić information content (AvgIpc) is 3.02. The molecule has 1 aliphatic rings. The summed E-state index contributed by atoms with van der Waals surface area (Å²) in [6.45, 7) is 1.28. The summed E-state index contributed by atoms with van der Waals surface area (Å²) >= 11 is 1.32. The van der Waals surface area contributed by atoms with Gasteiger partial charge in [-0.05, 0) is 18.2 Å². The number of carbonyl (C=O) groups is 2. The van der Waals surface area contributed by atoms with E-state index < -0.39 is 38.6 Å². The second-order valence-electron chi connectivity index (χ2n) is 5.12. The Hall–Kier alpha value is -1.79. The predicted molar refractivity (Wildman–Crippen MR) is 83.5 cm³/mol. The van der Waals surface area contributed by atoms with Gasteiger partial charge < -0.3 is 4.90 Å². The Kier molecular flexibility index (Phi) is 5.64. The first kappa shape index (κ1) is 19.5. The zero-order valence-electron chi connectivity index (χ0n) is 12.8. The molecule has 0 radical (unpaired) electrons. The minimum atomic E-state index is -4.70. The summed E-state index contributed by atoms with van der Waals surface area (Å²) in [4.78, 5) is 25.8. The maximum atomic E-state index is 12.7. The SMILES string of the molecule is CC(=O)N1CSC[C@H]1C(=O)NNS(=O)(=O)c1cccc(C(F)(F)F)c1. The lowest BCUT2D eigenvalue weighted by Crippen LogP contribution is -2.52. The third-order valence-electron chi connectivity index (χ3n) is 3.37. The van der Waals surface area contributed by atoms with Gasteiger partial charge in [-0.3, -0.25) is 15.0 Å². The lowest BCUT2D eigenvalue weighted by molar-refractivity contribution is -0.137. The van der Waals surface area contributed by atoms with Crippen LogP contribution in [0.2, 0.25) is 0 Å². The molecule has 1 saturated heterocycles. The Morgan fingerprint density at radius 1 is 1.32 bits per heavy atom. The van der Waals surface area contributed by atoms with Crippen molar-refractivity contribution < 1.29 is 31.2 Å². The Labute approximate surface area is 146 Å². The summed E-state index contributed by atoms with van der Waals surface area (Å²) in [7, 11) is -4.40. The summed E-state index contributed by atoms with van der Waals surface area (Å²) < 4.78 is 62.1. The maximum absolute atomic E-state index is 12.7. The predicted octanol–water partition coefficient (Wildman–Crippen LogP) is 0.936. The molecule has 1 heterocycles. The van der Waals surface area contributed by atoms with Crippen LogP contribution in [0, 0.1) is 0 Å². The van der Waals surface area contributed by atoms with Gasteiger partial charge in [0.15, 0.2) is 0 Å². The maximum Gasteiger partial charge on any atom is 0.416 e. The molecule has 0 aliphatic carbocycles. The van der Waals surface area contributed by atoms with Gasteiger partial charge in [0.25, 0.3) is 15.9 Å². The zero-order valence-corrected chi connectivity index (χ0v) is 14.5. The Bertz CT molecular complexity index is 783. The molecule has 1 aromatic carbocycles. The molecule has 0 saturated carbocycles. The highest BCUT2D eigenvalue weighted by Gasteiger charge is 2.34. The van der Waals surface area contributed by atoms with Crippen molar-refractivity contribution in [2.45, 2.75) is 24.0 Å². The summed E-state index contributed by atoms with van der Waals surface area (Å²) in [6.07, 6.45) is -4.70. The summed E-state index contributed by atoms with van der Waals surface area (Å²) in [6, 6.07) is 2.26. The van der Waals surface area contributed by atoms with Crippen LogP contribution in [0.5, 0.6) is 0 Å². The van der Waals surface area contributed by atoms with Gasteiger partial charge in [-0.25, -0.2) is 8.42 Å². The topological polar surface area (TPSA) is 95.6 Å². The second-order valence-corrected chi connectivity index (χ2v) is 7.81. The molecule has 0 aromatic heterocycles. The molecule has 1 atom stereocenters. The number of rotatable bonds is 4. The van der Waals surface area contributed by atoms with Crippen molar-refractivity contribution in [3.8, 4) is 0 Å². The average molecular weight is 397 g/mol. The van der Waals surface area contributed by atoms with E-state index in [1.165, 1.54) is 23.6 Å². The quantitative estimate of drug-likeness (QED) is 0.738. The van der Waals surface area contributed by atoms with E-state index in [0.717, 1.165) is 18.2 Å². The number of nitrogens with one attached hydrogen (secondary N) is 2. The van der Waals surface area contributed by atoms with Gasteiger partial charge in [-0.1, -0.05) is 6.07 Å². The molecule has 1 aliphatic heterocycles. The number of thioether (sulfide) groups is 1. The number of hydrogen-bond acceptors (Lipinski definition) is 5. The standard InChI is InChI=1S/C13H14F3N3O4S2/c1-8(20)19-7-24-6-11(19)12(21)17-18-25(22,23)10-4-2-3-9(5-10)13(14,15)16/h2-5,11,18H,6-7H2,1H3,(H,17,21)/t11-/m0/s1. The van der Waals surface area contributed by atoms with Crippen LogP contribution in [0.1, 0.15) is 12.5 Å². The van der Waals surface area contributed by atoms with E-state index in [1.807, 2.05) is 5.43 Å². The van der Waals surface area contributed by atoms with Crippen LogP contribution in [0.15, 0.2) is 29.2 Å². The van der Waals surface area contributed by atoms with Gasteiger partial charge in [0.1, 0.15) is 6.04 Å². The summed E-state index contributed by atoms with van der Waals surface area (Å²) in [5, 5.41) is 0. The Morgan fingerprint density at radius 3 is 2.60 bits per heavy atom. The molecule has 0 bridgehead atoms. The molecule has 2 rings (SSSR count). The van der Waals surface area contributed by atoms with Gasteiger partial charge in [0, 0.05) is 12.7 Å². The highest BCUT2D eigenvalue weighted by molar-refractivity contribution is 7.99. The number of halogens is 3. The second kappa shape index (κ2) is 7.22. The number of carbonyl (C=O) groups excluding carboxylic acids is 2.